The van der Waals surface area contributed by atoms with Crippen LogP contribution in [0.2, 0.25) is 0 Å². The second kappa shape index (κ2) is 5.18. The number of aliphatic imine (C=N–C) groups is 1. The van der Waals surface area contributed by atoms with E-state index in [0.29, 0.717) is 17.9 Å². The number of carbonyl (C=O) groups excluding carboxylic acids is 1. The smallest absolute Gasteiger partial charge is 0.220 e. The van der Waals surface area contributed by atoms with Crippen LogP contribution in [-0.2, 0) is 4.79 Å². The van der Waals surface area contributed by atoms with Gasteiger partial charge in [-0.3, -0.25) is 9.79 Å². The topological polar surface area (TPSA) is 56.7 Å². The lowest BCUT2D eigenvalue weighted by Crippen LogP contribution is -2.52. The number of nitrogens with one attached hydrogen (secondary N) is 2. The molecule has 3 fully saturated rings. The second-order valence-corrected chi connectivity index (χ2v) is 7.67. The molecule has 0 aromatic carbocycles. The minimum atomic E-state index is 0.130. The van der Waals surface area contributed by atoms with Gasteiger partial charge in [0.2, 0.25) is 5.91 Å². The van der Waals surface area contributed by atoms with Gasteiger partial charge in [-0.15, -0.1) is 0 Å². The van der Waals surface area contributed by atoms with Gasteiger partial charge in [0.25, 0.3) is 0 Å². The molecule has 2 heterocycles. The molecule has 21 heavy (non-hydrogen) atoms. The van der Waals surface area contributed by atoms with Crippen LogP contribution in [0.25, 0.3) is 0 Å². The van der Waals surface area contributed by atoms with E-state index in [-0.39, 0.29) is 11.3 Å². The van der Waals surface area contributed by atoms with Gasteiger partial charge in [-0.1, -0.05) is 13.8 Å². The van der Waals surface area contributed by atoms with Gasteiger partial charge < -0.3 is 15.5 Å². The maximum atomic E-state index is 11.6. The zero-order valence-electron chi connectivity index (χ0n) is 13.5. The Bertz CT molecular complexity index is 459. The lowest BCUT2D eigenvalue weighted by molar-refractivity contribution is -0.119. The molecule has 1 saturated carbocycles. The van der Waals surface area contributed by atoms with Crippen molar-refractivity contribution in [3.8, 4) is 0 Å². The van der Waals surface area contributed by atoms with Crippen molar-refractivity contribution in [3.63, 3.8) is 0 Å². The van der Waals surface area contributed by atoms with E-state index >= 15 is 0 Å². The Kier molecular flexibility index (Phi) is 3.62. The molecular weight excluding hydrogens is 264 g/mol. The summed E-state index contributed by atoms with van der Waals surface area (Å²) in [5, 5.41) is 6.65. The number of guanidine groups is 1. The van der Waals surface area contributed by atoms with Crippen molar-refractivity contribution in [2.24, 2.45) is 15.8 Å². The molecule has 2 aliphatic heterocycles. The number of likely N-dealkylation sites (tertiary alicyclic amines) is 1. The fourth-order valence-corrected chi connectivity index (χ4v) is 3.69. The Morgan fingerprint density at radius 1 is 1.52 bits per heavy atom. The molecule has 2 saturated heterocycles. The van der Waals surface area contributed by atoms with E-state index in [1.165, 1.54) is 6.42 Å². The summed E-state index contributed by atoms with van der Waals surface area (Å²) < 4.78 is 0. The third-order valence-electron chi connectivity index (χ3n) is 5.28. The Hall–Kier alpha value is -1.26. The second-order valence-electron chi connectivity index (χ2n) is 7.67. The molecule has 3 rings (SSSR count). The molecule has 2 atom stereocenters. The van der Waals surface area contributed by atoms with Crippen LogP contribution in [0.4, 0.5) is 0 Å². The quantitative estimate of drug-likeness (QED) is 0.597. The third kappa shape index (κ3) is 3.01. The zero-order valence-corrected chi connectivity index (χ0v) is 13.5. The number of amides is 1. The standard InChI is InChI=1S/C16H28N4O/c1-4-17-14(19-12-8-15(12,2)3)20-7-5-6-16(11-20)9-13(21)18-10-16/h12H,4-11H2,1-3H3,(H,17,19)(H,18,21). The molecule has 1 aliphatic carbocycles. The third-order valence-corrected chi connectivity index (χ3v) is 5.28. The Morgan fingerprint density at radius 2 is 2.29 bits per heavy atom. The molecule has 3 aliphatic rings. The highest BCUT2D eigenvalue weighted by molar-refractivity contribution is 5.82. The van der Waals surface area contributed by atoms with Gasteiger partial charge in [-0.05, 0) is 31.6 Å². The van der Waals surface area contributed by atoms with Crippen LogP contribution in [0.3, 0.4) is 0 Å². The van der Waals surface area contributed by atoms with Crippen LogP contribution in [0.1, 0.15) is 46.5 Å². The SMILES string of the molecule is CCN=C(NC1CC1(C)C)N1CCCC2(CNC(=O)C2)C1. The molecule has 0 aromatic rings. The summed E-state index contributed by atoms with van der Waals surface area (Å²) in [5.74, 6) is 1.26. The molecular formula is C16H28N4O. The summed E-state index contributed by atoms with van der Waals surface area (Å²) in [5.41, 5.74) is 0.525. The van der Waals surface area contributed by atoms with E-state index in [1.54, 1.807) is 0 Å². The zero-order chi connectivity index (χ0) is 15.1. The summed E-state index contributed by atoms with van der Waals surface area (Å²) in [6, 6.07) is 0.545. The van der Waals surface area contributed by atoms with Crippen molar-refractivity contribution in [3.05, 3.63) is 0 Å². The van der Waals surface area contributed by atoms with Crippen LogP contribution in [0.5, 0.6) is 0 Å². The minimum Gasteiger partial charge on any atom is -0.355 e. The van der Waals surface area contributed by atoms with Gasteiger partial charge in [0.05, 0.1) is 0 Å². The largest absolute Gasteiger partial charge is 0.355 e. The van der Waals surface area contributed by atoms with Crippen molar-refractivity contribution >= 4 is 11.9 Å². The number of hydrogen-bond acceptors (Lipinski definition) is 2. The first-order valence-electron chi connectivity index (χ1n) is 8.27. The highest BCUT2D eigenvalue weighted by Crippen LogP contribution is 2.45. The Labute approximate surface area is 127 Å². The van der Waals surface area contributed by atoms with Crippen molar-refractivity contribution in [1.82, 2.24) is 15.5 Å². The monoisotopic (exact) mass is 292 g/mol. The van der Waals surface area contributed by atoms with Crippen LogP contribution in [0, 0.1) is 10.8 Å². The molecule has 2 unspecified atom stereocenters. The van der Waals surface area contributed by atoms with Crippen LogP contribution < -0.4 is 10.6 Å². The first kappa shape index (κ1) is 14.7. The van der Waals surface area contributed by atoms with E-state index < -0.39 is 0 Å². The van der Waals surface area contributed by atoms with Gasteiger partial charge in [-0.2, -0.15) is 0 Å². The molecule has 0 radical (unpaired) electrons. The lowest BCUT2D eigenvalue weighted by atomic mass is 9.79. The molecule has 0 aromatic heterocycles. The molecule has 1 amide bonds. The number of hydrogen-bond donors (Lipinski definition) is 2. The van der Waals surface area contributed by atoms with E-state index in [1.807, 2.05) is 0 Å². The van der Waals surface area contributed by atoms with Crippen molar-refractivity contribution in [1.29, 1.82) is 0 Å². The maximum Gasteiger partial charge on any atom is 0.220 e. The molecule has 1 spiro atoms. The van der Waals surface area contributed by atoms with Crippen molar-refractivity contribution < 1.29 is 4.79 Å². The van der Waals surface area contributed by atoms with Gasteiger partial charge in [0.15, 0.2) is 5.96 Å². The first-order chi connectivity index (χ1) is 9.94. The van der Waals surface area contributed by atoms with Gasteiger partial charge in [0.1, 0.15) is 0 Å². The minimum absolute atomic E-state index is 0.130. The average molecular weight is 292 g/mol. The molecule has 0 bridgehead atoms. The average Bonchev–Trinajstić information content (AvgIpc) is 2.87. The summed E-state index contributed by atoms with van der Waals surface area (Å²) in [6.07, 6.45) is 4.19. The summed E-state index contributed by atoms with van der Waals surface area (Å²) in [6.45, 7) is 10.3. The van der Waals surface area contributed by atoms with Crippen molar-refractivity contribution in [2.75, 3.05) is 26.2 Å². The van der Waals surface area contributed by atoms with E-state index in [0.717, 1.165) is 45.0 Å². The summed E-state index contributed by atoms with van der Waals surface area (Å²) >= 11 is 0. The number of nitrogens with zero attached hydrogens (tertiary/aromatic N) is 2. The predicted molar refractivity (Wildman–Crippen MR) is 84.2 cm³/mol. The molecule has 118 valence electrons. The number of rotatable bonds is 2. The van der Waals surface area contributed by atoms with Gasteiger partial charge in [0, 0.05) is 44.1 Å². The fourth-order valence-electron chi connectivity index (χ4n) is 3.69. The number of piperidine rings is 1. The number of carbonyl (C=O) groups is 1. The lowest BCUT2D eigenvalue weighted by Gasteiger charge is -2.41. The van der Waals surface area contributed by atoms with E-state index in [2.05, 4.69) is 36.3 Å². The molecule has 5 nitrogen and oxygen atoms in total. The Balaban J connectivity index is 1.68. The highest BCUT2D eigenvalue weighted by Gasteiger charge is 2.48. The Morgan fingerprint density at radius 3 is 2.86 bits per heavy atom. The van der Waals surface area contributed by atoms with Crippen LogP contribution >= 0.6 is 0 Å². The van der Waals surface area contributed by atoms with Crippen LogP contribution in [0.15, 0.2) is 4.99 Å². The van der Waals surface area contributed by atoms with E-state index in [4.69, 9.17) is 4.99 Å². The normalized spacial score (nSPS) is 35.0. The predicted octanol–water partition coefficient (Wildman–Crippen LogP) is 1.35. The van der Waals surface area contributed by atoms with Gasteiger partial charge >= 0.3 is 0 Å². The van der Waals surface area contributed by atoms with E-state index in [9.17, 15) is 4.79 Å². The fraction of sp³-hybridized carbons (Fsp3) is 0.875. The van der Waals surface area contributed by atoms with Crippen molar-refractivity contribution in [2.45, 2.75) is 52.5 Å². The molecule has 5 heteroatoms. The molecule has 2 N–H and O–H groups in total. The summed E-state index contributed by atoms with van der Waals surface area (Å²) in [7, 11) is 0. The summed E-state index contributed by atoms with van der Waals surface area (Å²) in [4.78, 5) is 18.7. The maximum absolute atomic E-state index is 11.6. The van der Waals surface area contributed by atoms with Gasteiger partial charge in [-0.25, -0.2) is 0 Å². The first-order valence-corrected chi connectivity index (χ1v) is 8.27. The highest BCUT2D eigenvalue weighted by atomic mass is 16.1. The van der Waals surface area contributed by atoms with Crippen LogP contribution in [-0.4, -0.2) is 49.0 Å².